The number of aromatic nitrogens is 2. The van der Waals surface area contributed by atoms with Crippen LogP contribution in [-0.4, -0.2) is 46.2 Å². The molecule has 2 rings (SSSR count). The van der Waals surface area contributed by atoms with E-state index in [1.165, 1.54) is 0 Å². The van der Waals surface area contributed by atoms with Gasteiger partial charge in [0, 0.05) is 18.4 Å². The van der Waals surface area contributed by atoms with E-state index in [1.807, 2.05) is 0 Å². The summed E-state index contributed by atoms with van der Waals surface area (Å²) in [6, 6.07) is 1.34. The number of esters is 1. The van der Waals surface area contributed by atoms with Crippen molar-refractivity contribution in [1.82, 2.24) is 15.1 Å². The van der Waals surface area contributed by atoms with Gasteiger partial charge in [0.2, 0.25) is 5.91 Å². The van der Waals surface area contributed by atoms with Crippen LogP contribution in [0.5, 0.6) is 0 Å². The molecule has 98 valence electrons. The Balaban J connectivity index is 1.98. The van der Waals surface area contributed by atoms with E-state index < -0.39 is 6.04 Å². The molecule has 0 spiro atoms. The molecule has 1 atom stereocenters. The topological polar surface area (TPSA) is 75.3 Å². The van der Waals surface area contributed by atoms with E-state index in [9.17, 15) is 9.59 Å². The maximum Gasteiger partial charge on any atom is 0.328 e. The molecule has 0 radical (unpaired) electrons. The minimum atomic E-state index is -0.416. The number of hydrogen-bond donors (Lipinski definition) is 1. The Morgan fingerprint density at radius 1 is 1.61 bits per heavy atom. The van der Waals surface area contributed by atoms with Crippen molar-refractivity contribution >= 4 is 11.9 Å². The summed E-state index contributed by atoms with van der Waals surface area (Å²) in [5.41, 5.74) is 0.759. The summed E-state index contributed by atoms with van der Waals surface area (Å²) in [7, 11) is 0. The van der Waals surface area contributed by atoms with Crippen molar-refractivity contribution < 1.29 is 14.3 Å². The lowest BCUT2D eigenvalue weighted by Crippen LogP contribution is -2.42. The van der Waals surface area contributed by atoms with Crippen LogP contribution in [0.15, 0.2) is 12.3 Å². The molecule has 0 aliphatic carbocycles. The number of rotatable bonds is 4. The summed E-state index contributed by atoms with van der Waals surface area (Å²) in [6.07, 6.45) is 3.39. The zero-order valence-electron chi connectivity index (χ0n) is 10.4. The average molecular weight is 251 g/mol. The van der Waals surface area contributed by atoms with E-state index in [4.69, 9.17) is 4.74 Å². The Hall–Kier alpha value is -1.85. The average Bonchev–Trinajstić information content (AvgIpc) is 2.99. The fourth-order valence-corrected chi connectivity index (χ4v) is 2.20. The highest BCUT2D eigenvalue weighted by molar-refractivity contribution is 5.86. The van der Waals surface area contributed by atoms with Gasteiger partial charge in [0.15, 0.2) is 0 Å². The number of hydrogen-bond acceptors (Lipinski definition) is 4. The second-order valence-electron chi connectivity index (χ2n) is 4.26. The number of nitrogens with zero attached hydrogens (tertiary/aromatic N) is 2. The zero-order chi connectivity index (χ0) is 13.0. The number of likely N-dealkylation sites (tertiary alicyclic amines) is 1. The predicted octanol–water partition coefficient (Wildman–Crippen LogP) is 0.506. The quantitative estimate of drug-likeness (QED) is 0.791. The summed E-state index contributed by atoms with van der Waals surface area (Å²) >= 11 is 0. The van der Waals surface area contributed by atoms with Gasteiger partial charge in [-0.3, -0.25) is 9.89 Å². The van der Waals surface area contributed by atoms with E-state index in [2.05, 4.69) is 10.2 Å². The van der Waals surface area contributed by atoms with Crippen LogP contribution in [0, 0.1) is 0 Å². The number of nitrogens with one attached hydrogen (secondary N) is 1. The minimum Gasteiger partial charge on any atom is -0.464 e. The van der Waals surface area contributed by atoms with Crippen molar-refractivity contribution in [3.63, 3.8) is 0 Å². The number of H-pyrrole nitrogens is 1. The number of aromatic amines is 1. The first kappa shape index (κ1) is 12.6. The Kier molecular flexibility index (Phi) is 3.96. The van der Waals surface area contributed by atoms with Crippen LogP contribution in [0.25, 0.3) is 0 Å². The van der Waals surface area contributed by atoms with E-state index >= 15 is 0 Å². The Labute approximate surface area is 105 Å². The fourth-order valence-electron chi connectivity index (χ4n) is 2.20. The summed E-state index contributed by atoms with van der Waals surface area (Å²) in [6.45, 7) is 2.73. The molecular formula is C12H17N3O3. The minimum absolute atomic E-state index is 0.0604. The standard InChI is InChI=1S/C12H17N3O3/c1-2-18-12(17)10-4-3-7-15(10)11(16)8-9-5-6-13-14-9/h5-6,10H,2-4,7-8H2,1H3,(H,13,14). The SMILES string of the molecule is CCOC(=O)C1CCCN1C(=O)Cc1ccn[nH]1. The molecule has 2 heterocycles. The molecule has 1 aromatic heterocycles. The maximum atomic E-state index is 12.1. The number of carbonyl (C=O) groups is 2. The Morgan fingerprint density at radius 2 is 2.44 bits per heavy atom. The lowest BCUT2D eigenvalue weighted by Gasteiger charge is -2.22. The van der Waals surface area contributed by atoms with E-state index in [1.54, 1.807) is 24.1 Å². The van der Waals surface area contributed by atoms with Crippen molar-refractivity contribution in [2.75, 3.05) is 13.2 Å². The van der Waals surface area contributed by atoms with Gasteiger partial charge >= 0.3 is 5.97 Å². The monoisotopic (exact) mass is 251 g/mol. The van der Waals surface area contributed by atoms with Crippen LogP contribution < -0.4 is 0 Å². The van der Waals surface area contributed by atoms with Gasteiger partial charge in [-0.25, -0.2) is 4.79 Å². The molecule has 1 aliphatic rings. The third kappa shape index (κ3) is 2.69. The lowest BCUT2D eigenvalue weighted by atomic mass is 10.2. The highest BCUT2D eigenvalue weighted by atomic mass is 16.5. The molecule has 1 aliphatic heterocycles. The van der Waals surface area contributed by atoms with Gasteiger partial charge in [0.05, 0.1) is 13.0 Å². The van der Waals surface area contributed by atoms with E-state index in [-0.39, 0.29) is 18.3 Å². The van der Waals surface area contributed by atoms with Gasteiger partial charge in [-0.2, -0.15) is 5.10 Å². The lowest BCUT2D eigenvalue weighted by molar-refractivity contribution is -0.152. The van der Waals surface area contributed by atoms with Crippen molar-refractivity contribution in [3.8, 4) is 0 Å². The molecule has 0 aromatic carbocycles. The second kappa shape index (κ2) is 5.66. The predicted molar refractivity (Wildman–Crippen MR) is 63.7 cm³/mol. The van der Waals surface area contributed by atoms with Gasteiger partial charge in [-0.05, 0) is 25.8 Å². The summed E-state index contributed by atoms with van der Waals surface area (Å²) < 4.78 is 4.99. The summed E-state index contributed by atoms with van der Waals surface area (Å²) in [5, 5.41) is 6.55. The van der Waals surface area contributed by atoms with Crippen LogP contribution in [0.3, 0.4) is 0 Å². The van der Waals surface area contributed by atoms with Crippen molar-refractivity contribution in [2.24, 2.45) is 0 Å². The normalized spacial score (nSPS) is 18.9. The molecule has 0 bridgehead atoms. The Morgan fingerprint density at radius 3 is 3.11 bits per heavy atom. The van der Waals surface area contributed by atoms with E-state index in [0.29, 0.717) is 19.6 Å². The molecule has 1 amide bonds. The van der Waals surface area contributed by atoms with Crippen LogP contribution >= 0.6 is 0 Å². The van der Waals surface area contributed by atoms with Gasteiger partial charge in [-0.15, -0.1) is 0 Å². The van der Waals surface area contributed by atoms with Crippen LogP contribution in [0.4, 0.5) is 0 Å². The smallest absolute Gasteiger partial charge is 0.328 e. The van der Waals surface area contributed by atoms with Gasteiger partial charge < -0.3 is 9.64 Å². The summed E-state index contributed by atoms with van der Waals surface area (Å²) in [5.74, 6) is -0.359. The zero-order valence-corrected chi connectivity index (χ0v) is 10.4. The molecule has 1 aromatic rings. The third-order valence-electron chi connectivity index (χ3n) is 3.03. The second-order valence-corrected chi connectivity index (χ2v) is 4.26. The molecule has 1 N–H and O–H groups in total. The van der Waals surface area contributed by atoms with E-state index in [0.717, 1.165) is 12.1 Å². The first-order valence-corrected chi connectivity index (χ1v) is 6.16. The summed E-state index contributed by atoms with van der Waals surface area (Å²) in [4.78, 5) is 25.4. The molecule has 0 saturated carbocycles. The number of carbonyl (C=O) groups excluding carboxylic acids is 2. The van der Waals surface area contributed by atoms with Gasteiger partial charge in [-0.1, -0.05) is 0 Å². The molecule has 1 saturated heterocycles. The fraction of sp³-hybridized carbons (Fsp3) is 0.583. The molecule has 1 unspecified atom stereocenters. The first-order chi connectivity index (χ1) is 8.72. The number of ether oxygens (including phenoxy) is 1. The molecule has 6 heteroatoms. The molecule has 1 fully saturated rings. The van der Waals surface area contributed by atoms with Crippen LogP contribution in [-0.2, 0) is 20.7 Å². The van der Waals surface area contributed by atoms with Crippen molar-refractivity contribution in [2.45, 2.75) is 32.2 Å². The molecule has 18 heavy (non-hydrogen) atoms. The molecule has 6 nitrogen and oxygen atoms in total. The highest BCUT2D eigenvalue weighted by Crippen LogP contribution is 2.19. The highest BCUT2D eigenvalue weighted by Gasteiger charge is 2.34. The van der Waals surface area contributed by atoms with Crippen LogP contribution in [0.2, 0.25) is 0 Å². The Bertz CT molecular complexity index is 416. The van der Waals surface area contributed by atoms with Gasteiger partial charge in [0.1, 0.15) is 6.04 Å². The largest absolute Gasteiger partial charge is 0.464 e. The number of amides is 1. The van der Waals surface area contributed by atoms with Gasteiger partial charge in [0.25, 0.3) is 0 Å². The third-order valence-corrected chi connectivity index (χ3v) is 3.03. The van der Waals surface area contributed by atoms with Crippen LogP contribution in [0.1, 0.15) is 25.5 Å². The molecular weight excluding hydrogens is 234 g/mol. The first-order valence-electron chi connectivity index (χ1n) is 6.16. The van der Waals surface area contributed by atoms with Crippen molar-refractivity contribution in [3.05, 3.63) is 18.0 Å². The maximum absolute atomic E-state index is 12.1. The van der Waals surface area contributed by atoms with Crippen molar-refractivity contribution in [1.29, 1.82) is 0 Å².